The molecular formula is C15H17NO2S. The first-order valence-corrected chi connectivity index (χ1v) is 7.35. The smallest absolute Gasteiger partial charge is 0.123 e. The van der Waals surface area contributed by atoms with Crippen LogP contribution >= 0.6 is 0 Å². The summed E-state index contributed by atoms with van der Waals surface area (Å²) in [6, 6.07) is 15.2. The van der Waals surface area contributed by atoms with E-state index in [9.17, 15) is 4.21 Å². The van der Waals surface area contributed by atoms with Crippen LogP contribution in [-0.2, 0) is 23.1 Å². The highest BCUT2D eigenvalue weighted by molar-refractivity contribution is 7.84. The Morgan fingerprint density at radius 2 is 1.89 bits per heavy atom. The van der Waals surface area contributed by atoms with Gasteiger partial charge in [-0.2, -0.15) is 0 Å². The van der Waals surface area contributed by atoms with Crippen LogP contribution in [0.3, 0.4) is 0 Å². The fourth-order valence-corrected chi connectivity index (χ4v) is 3.00. The molecule has 0 fully saturated rings. The van der Waals surface area contributed by atoms with Gasteiger partial charge in [-0.25, -0.2) is 0 Å². The van der Waals surface area contributed by atoms with Crippen LogP contribution in [0.25, 0.3) is 0 Å². The molecule has 0 aliphatic heterocycles. The lowest BCUT2D eigenvalue weighted by Crippen LogP contribution is -2.02. The Hall–Kier alpha value is -1.65. The van der Waals surface area contributed by atoms with E-state index in [1.54, 1.807) is 7.11 Å². The Morgan fingerprint density at radius 3 is 2.53 bits per heavy atom. The Morgan fingerprint density at radius 1 is 1.16 bits per heavy atom. The van der Waals surface area contributed by atoms with E-state index in [4.69, 9.17) is 10.5 Å². The molecule has 0 spiro atoms. The summed E-state index contributed by atoms with van der Waals surface area (Å²) in [6.45, 7) is 0.412. The normalized spacial score (nSPS) is 12.1. The first kappa shape index (κ1) is 13.8. The summed E-state index contributed by atoms with van der Waals surface area (Å²) < 4.78 is 17.4. The van der Waals surface area contributed by atoms with E-state index >= 15 is 0 Å². The quantitative estimate of drug-likeness (QED) is 0.912. The maximum absolute atomic E-state index is 12.2. The number of ether oxygens (including phenoxy) is 1. The van der Waals surface area contributed by atoms with E-state index in [-0.39, 0.29) is 0 Å². The minimum Gasteiger partial charge on any atom is -0.496 e. The van der Waals surface area contributed by atoms with Crippen LogP contribution in [0.4, 0.5) is 0 Å². The monoisotopic (exact) mass is 275 g/mol. The van der Waals surface area contributed by atoms with Crippen molar-refractivity contribution in [3.8, 4) is 5.75 Å². The number of benzene rings is 2. The SMILES string of the molecule is COc1ccc(CS(=O)c2ccccc2)cc1CN. The summed E-state index contributed by atoms with van der Waals surface area (Å²) in [5.41, 5.74) is 7.62. The Bertz CT molecular complexity index is 570. The van der Waals surface area contributed by atoms with Crippen molar-refractivity contribution in [2.45, 2.75) is 17.2 Å². The lowest BCUT2D eigenvalue weighted by atomic mass is 10.1. The van der Waals surface area contributed by atoms with Crippen molar-refractivity contribution in [3.05, 3.63) is 59.7 Å². The summed E-state index contributed by atoms with van der Waals surface area (Å²) in [5, 5.41) is 0. The molecule has 1 atom stereocenters. The van der Waals surface area contributed by atoms with E-state index in [0.717, 1.165) is 21.8 Å². The molecule has 0 aliphatic carbocycles. The van der Waals surface area contributed by atoms with E-state index in [0.29, 0.717) is 12.3 Å². The molecule has 1 unspecified atom stereocenters. The van der Waals surface area contributed by atoms with Gasteiger partial charge < -0.3 is 10.5 Å². The van der Waals surface area contributed by atoms with Gasteiger partial charge in [-0.05, 0) is 29.8 Å². The van der Waals surface area contributed by atoms with Crippen LogP contribution in [0, 0.1) is 0 Å². The van der Waals surface area contributed by atoms with Crippen molar-refractivity contribution < 1.29 is 8.95 Å². The van der Waals surface area contributed by atoms with Crippen LogP contribution in [0.5, 0.6) is 5.75 Å². The zero-order valence-corrected chi connectivity index (χ0v) is 11.7. The van der Waals surface area contributed by atoms with Gasteiger partial charge in [-0.15, -0.1) is 0 Å². The molecule has 19 heavy (non-hydrogen) atoms. The lowest BCUT2D eigenvalue weighted by molar-refractivity contribution is 0.409. The van der Waals surface area contributed by atoms with Crippen LogP contribution < -0.4 is 10.5 Å². The molecule has 0 saturated carbocycles. The summed E-state index contributed by atoms with van der Waals surface area (Å²) in [4.78, 5) is 0.840. The van der Waals surface area contributed by atoms with Gasteiger partial charge in [-0.1, -0.05) is 24.3 Å². The molecule has 0 radical (unpaired) electrons. The number of rotatable bonds is 5. The number of methoxy groups -OCH3 is 1. The van der Waals surface area contributed by atoms with Crippen molar-refractivity contribution >= 4 is 10.8 Å². The Balaban J connectivity index is 2.18. The van der Waals surface area contributed by atoms with Gasteiger partial charge in [0.2, 0.25) is 0 Å². The summed E-state index contributed by atoms with van der Waals surface area (Å²) in [6.07, 6.45) is 0. The minimum absolute atomic E-state index is 0.412. The molecule has 0 heterocycles. The molecule has 0 aromatic heterocycles. The van der Waals surface area contributed by atoms with Gasteiger partial charge in [0.05, 0.1) is 23.7 Å². The standard InChI is InChI=1S/C15H17NO2S/c1-18-15-8-7-12(9-13(15)10-16)11-19(17)14-5-3-2-4-6-14/h2-9H,10-11,16H2,1H3. The maximum atomic E-state index is 12.2. The summed E-state index contributed by atoms with van der Waals surface area (Å²) in [5.74, 6) is 1.26. The lowest BCUT2D eigenvalue weighted by Gasteiger charge is -2.09. The molecule has 3 nitrogen and oxygen atoms in total. The second-order valence-electron chi connectivity index (χ2n) is 4.15. The van der Waals surface area contributed by atoms with Crippen molar-refractivity contribution in [3.63, 3.8) is 0 Å². The molecule has 0 aliphatic rings. The second kappa shape index (κ2) is 6.50. The third kappa shape index (κ3) is 3.43. The Labute approximate surface area is 115 Å². The number of hydrogen-bond acceptors (Lipinski definition) is 3. The van der Waals surface area contributed by atoms with Gasteiger partial charge in [-0.3, -0.25) is 4.21 Å². The fraction of sp³-hybridized carbons (Fsp3) is 0.200. The maximum Gasteiger partial charge on any atom is 0.123 e. The minimum atomic E-state index is -1.03. The number of hydrogen-bond donors (Lipinski definition) is 1. The average Bonchev–Trinajstić information content (AvgIpc) is 2.48. The van der Waals surface area contributed by atoms with E-state index in [1.807, 2.05) is 48.5 Å². The largest absolute Gasteiger partial charge is 0.496 e. The van der Waals surface area contributed by atoms with Gasteiger partial charge in [0.15, 0.2) is 0 Å². The third-order valence-corrected chi connectivity index (χ3v) is 4.26. The molecule has 2 N–H and O–H groups in total. The van der Waals surface area contributed by atoms with E-state index in [1.165, 1.54) is 0 Å². The van der Waals surface area contributed by atoms with Crippen molar-refractivity contribution in [1.29, 1.82) is 0 Å². The summed E-state index contributed by atoms with van der Waals surface area (Å²) >= 11 is 0. The van der Waals surface area contributed by atoms with Crippen LogP contribution in [0.15, 0.2) is 53.4 Å². The molecule has 2 rings (SSSR count). The molecule has 2 aromatic carbocycles. The van der Waals surface area contributed by atoms with Crippen LogP contribution in [-0.4, -0.2) is 11.3 Å². The summed E-state index contributed by atoms with van der Waals surface area (Å²) in [7, 11) is 0.586. The number of nitrogens with two attached hydrogens (primary N) is 1. The molecule has 0 amide bonds. The zero-order valence-electron chi connectivity index (χ0n) is 10.8. The molecule has 4 heteroatoms. The van der Waals surface area contributed by atoms with Crippen molar-refractivity contribution in [1.82, 2.24) is 0 Å². The fourth-order valence-electron chi connectivity index (χ4n) is 1.89. The van der Waals surface area contributed by atoms with Crippen LogP contribution in [0.2, 0.25) is 0 Å². The predicted octanol–water partition coefficient (Wildman–Crippen LogP) is 2.46. The van der Waals surface area contributed by atoms with Gasteiger partial charge in [0.1, 0.15) is 5.75 Å². The highest BCUT2D eigenvalue weighted by Crippen LogP contribution is 2.21. The average molecular weight is 275 g/mol. The van der Waals surface area contributed by atoms with Gasteiger partial charge in [0.25, 0.3) is 0 Å². The van der Waals surface area contributed by atoms with Crippen LogP contribution in [0.1, 0.15) is 11.1 Å². The molecule has 0 bridgehead atoms. The molecule has 100 valence electrons. The first-order valence-electron chi connectivity index (χ1n) is 6.04. The molecule has 0 saturated heterocycles. The van der Waals surface area contributed by atoms with Crippen molar-refractivity contribution in [2.24, 2.45) is 5.73 Å². The molecular weight excluding hydrogens is 258 g/mol. The predicted molar refractivity (Wildman–Crippen MR) is 77.4 cm³/mol. The van der Waals surface area contributed by atoms with E-state index in [2.05, 4.69) is 0 Å². The molecule has 2 aromatic rings. The topological polar surface area (TPSA) is 52.3 Å². The third-order valence-electron chi connectivity index (χ3n) is 2.87. The highest BCUT2D eigenvalue weighted by atomic mass is 32.2. The zero-order chi connectivity index (χ0) is 13.7. The first-order chi connectivity index (χ1) is 9.24. The Kier molecular flexibility index (Phi) is 4.71. The van der Waals surface area contributed by atoms with E-state index < -0.39 is 10.8 Å². The van der Waals surface area contributed by atoms with Crippen molar-refractivity contribution in [2.75, 3.05) is 7.11 Å². The second-order valence-corrected chi connectivity index (χ2v) is 5.60. The van der Waals surface area contributed by atoms with Gasteiger partial charge >= 0.3 is 0 Å². The highest BCUT2D eigenvalue weighted by Gasteiger charge is 2.07. The van der Waals surface area contributed by atoms with Gasteiger partial charge in [0, 0.05) is 17.0 Å².